The van der Waals surface area contributed by atoms with E-state index < -0.39 is 0 Å². The van der Waals surface area contributed by atoms with Gasteiger partial charge in [0.15, 0.2) is 23.0 Å². The first-order valence-electron chi connectivity index (χ1n) is 7.93. The third kappa shape index (κ3) is 4.23. The number of methoxy groups -OCH3 is 2. The zero-order valence-corrected chi connectivity index (χ0v) is 15.7. The predicted octanol–water partition coefficient (Wildman–Crippen LogP) is 2.56. The number of rotatable bonds is 8. The van der Waals surface area contributed by atoms with Crippen molar-refractivity contribution in [3.63, 3.8) is 0 Å². The fourth-order valence-electron chi connectivity index (χ4n) is 2.47. The molecule has 0 bridgehead atoms. The third-order valence-corrected chi connectivity index (χ3v) is 3.73. The van der Waals surface area contributed by atoms with E-state index >= 15 is 0 Å². The molecule has 7 heteroatoms. The number of anilines is 2. The van der Waals surface area contributed by atoms with Crippen molar-refractivity contribution in [3.8, 4) is 23.0 Å². The highest BCUT2D eigenvalue weighted by Crippen LogP contribution is 2.38. The summed E-state index contributed by atoms with van der Waals surface area (Å²) in [5.41, 5.74) is 1.83. The summed E-state index contributed by atoms with van der Waals surface area (Å²) >= 11 is 0. The van der Waals surface area contributed by atoms with Gasteiger partial charge in [0, 0.05) is 28.2 Å². The number of ether oxygens (including phenoxy) is 2. The van der Waals surface area contributed by atoms with Gasteiger partial charge in [0.05, 0.1) is 25.6 Å². The fourth-order valence-corrected chi connectivity index (χ4v) is 2.47. The Morgan fingerprint density at radius 1 is 0.680 bits per heavy atom. The molecule has 25 heavy (non-hydrogen) atoms. The molecular formula is C18H25BN2O4. The minimum Gasteiger partial charge on any atom is -0.524 e. The number of para-hydroxylation sites is 2. The maximum Gasteiger partial charge on any atom is 0.576 e. The average molecular weight is 344 g/mol. The van der Waals surface area contributed by atoms with Gasteiger partial charge in [0.25, 0.3) is 0 Å². The third-order valence-electron chi connectivity index (χ3n) is 3.73. The van der Waals surface area contributed by atoms with E-state index in [0.29, 0.717) is 23.0 Å². The molecule has 0 saturated heterocycles. The topological polar surface area (TPSA) is 43.4 Å². The van der Waals surface area contributed by atoms with Gasteiger partial charge in [-0.3, -0.25) is 0 Å². The van der Waals surface area contributed by atoms with Crippen molar-refractivity contribution in [2.75, 3.05) is 52.2 Å². The molecule has 0 unspecified atom stereocenters. The molecule has 6 nitrogen and oxygen atoms in total. The Labute approximate surface area is 150 Å². The largest absolute Gasteiger partial charge is 0.576 e. The highest BCUT2D eigenvalue weighted by atomic mass is 16.6. The molecule has 0 fully saturated rings. The molecule has 0 aliphatic carbocycles. The summed E-state index contributed by atoms with van der Waals surface area (Å²) in [4.78, 5) is 3.93. The van der Waals surface area contributed by atoms with Crippen molar-refractivity contribution in [2.45, 2.75) is 0 Å². The molecule has 0 saturated carbocycles. The van der Waals surface area contributed by atoms with Crippen LogP contribution >= 0.6 is 0 Å². The minimum atomic E-state index is 0.0302. The van der Waals surface area contributed by atoms with Gasteiger partial charge in [0.1, 0.15) is 0 Å². The molecule has 0 spiro atoms. The lowest BCUT2D eigenvalue weighted by Crippen LogP contribution is -2.18. The van der Waals surface area contributed by atoms with Gasteiger partial charge in [-0.2, -0.15) is 0 Å². The lowest BCUT2D eigenvalue weighted by Gasteiger charge is -2.22. The Hall–Kier alpha value is -2.70. The minimum absolute atomic E-state index is 0.0302. The van der Waals surface area contributed by atoms with Gasteiger partial charge < -0.3 is 28.6 Å². The van der Waals surface area contributed by atoms with Gasteiger partial charge in [-0.25, -0.2) is 0 Å². The van der Waals surface area contributed by atoms with E-state index in [-0.39, 0.29) is 7.69 Å². The van der Waals surface area contributed by atoms with E-state index in [1.165, 1.54) is 0 Å². The van der Waals surface area contributed by atoms with E-state index in [0.717, 1.165) is 11.4 Å². The van der Waals surface area contributed by atoms with Gasteiger partial charge in [0.2, 0.25) is 0 Å². The highest BCUT2D eigenvalue weighted by Gasteiger charge is 2.16. The van der Waals surface area contributed by atoms with Gasteiger partial charge in [-0.1, -0.05) is 12.1 Å². The van der Waals surface area contributed by atoms with Crippen molar-refractivity contribution < 1.29 is 18.8 Å². The van der Waals surface area contributed by atoms with Gasteiger partial charge in [-0.05, 0) is 24.3 Å². The Morgan fingerprint density at radius 3 is 1.40 bits per heavy atom. The smallest absolute Gasteiger partial charge is 0.524 e. The van der Waals surface area contributed by atoms with Crippen molar-refractivity contribution in [1.82, 2.24) is 0 Å². The van der Waals surface area contributed by atoms with E-state index in [2.05, 4.69) is 0 Å². The number of benzene rings is 2. The van der Waals surface area contributed by atoms with Crippen LogP contribution in [0, 0.1) is 0 Å². The van der Waals surface area contributed by atoms with Crippen LogP contribution in [-0.4, -0.2) is 50.1 Å². The summed E-state index contributed by atoms with van der Waals surface area (Å²) in [6, 6.07) is 11.5. The summed E-state index contributed by atoms with van der Waals surface area (Å²) in [6.07, 6.45) is 0. The van der Waals surface area contributed by atoms with Crippen LogP contribution in [0.15, 0.2) is 36.4 Å². The molecule has 0 radical (unpaired) electrons. The molecule has 2 aromatic carbocycles. The van der Waals surface area contributed by atoms with Gasteiger partial charge in [-0.15, -0.1) is 0 Å². The highest BCUT2D eigenvalue weighted by molar-refractivity contribution is 6.21. The van der Waals surface area contributed by atoms with E-state index in [9.17, 15) is 0 Å². The number of hydrogen-bond acceptors (Lipinski definition) is 6. The molecule has 0 aliphatic heterocycles. The quantitative estimate of drug-likeness (QED) is 0.686. The van der Waals surface area contributed by atoms with Crippen molar-refractivity contribution in [1.29, 1.82) is 0 Å². The standard InChI is InChI=1S/C18H25BN2O4/c1-20(2)13-9-7-11-15(22-5)17(13)24-19-25-18-14(21(3)4)10-8-12-16(18)23-6/h7-12,19H,1-6H3. The summed E-state index contributed by atoms with van der Waals surface area (Å²) in [7, 11) is 11.1. The van der Waals surface area contributed by atoms with Crippen LogP contribution in [0.5, 0.6) is 23.0 Å². The van der Waals surface area contributed by atoms with Gasteiger partial charge >= 0.3 is 7.69 Å². The molecule has 0 N–H and O–H groups in total. The summed E-state index contributed by atoms with van der Waals surface area (Å²) in [5.74, 6) is 2.58. The molecule has 0 aromatic heterocycles. The second-order valence-electron chi connectivity index (χ2n) is 5.81. The first-order chi connectivity index (χ1) is 12.0. The molecule has 2 rings (SSSR count). The van der Waals surface area contributed by atoms with E-state index in [1.54, 1.807) is 14.2 Å². The van der Waals surface area contributed by atoms with E-state index in [1.807, 2.05) is 74.4 Å². The van der Waals surface area contributed by atoms with Crippen LogP contribution in [0.4, 0.5) is 11.4 Å². The molecule has 0 amide bonds. The van der Waals surface area contributed by atoms with Crippen molar-refractivity contribution in [3.05, 3.63) is 36.4 Å². The van der Waals surface area contributed by atoms with Crippen LogP contribution in [0.3, 0.4) is 0 Å². The molecule has 0 atom stereocenters. The van der Waals surface area contributed by atoms with E-state index in [4.69, 9.17) is 18.8 Å². The van der Waals surface area contributed by atoms with Crippen molar-refractivity contribution in [2.24, 2.45) is 0 Å². The predicted molar refractivity (Wildman–Crippen MR) is 103 cm³/mol. The Kier molecular flexibility index (Phi) is 6.28. The summed E-state index contributed by atoms with van der Waals surface area (Å²) < 4.78 is 22.6. The zero-order valence-electron chi connectivity index (χ0n) is 15.7. The number of hydrogen-bond donors (Lipinski definition) is 0. The lowest BCUT2D eigenvalue weighted by atomic mass is 10.2. The second kappa shape index (κ2) is 8.42. The Balaban J connectivity index is 2.22. The van der Waals surface area contributed by atoms with Crippen LogP contribution < -0.4 is 28.6 Å². The second-order valence-corrected chi connectivity index (χ2v) is 5.81. The molecule has 134 valence electrons. The first-order valence-corrected chi connectivity index (χ1v) is 7.93. The summed E-state index contributed by atoms with van der Waals surface area (Å²) in [6.45, 7) is 0. The van der Waals surface area contributed by atoms with Crippen LogP contribution in [0.25, 0.3) is 0 Å². The van der Waals surface area contributed by atoms with Crippen LogP contribution in [-0.2, 0) is 0 Å². The first kappa shape index (κ1) is 18.6. The maximum atomic E-state index is 5.90. The molecule has 0 aliphatic rings. The lowest BCUT2D eigenvalue weighted by molar-refractivity contribution is 0.370. The number of nitrogens with zero attached hydrogens (tertiary/aromatic N) is 2. The summed E-state index contributed by atoms with van der Waals surface area (Å²) in [5, 5.41) is 0. The zero-order chi connectivity index (χ0) is 18.4. The molecule has 0 heterocycles. The molecular weight excluding hydrogens is 319 g/mol. The molecule has 2 aromatic rings. The fraction of sp³-hybridized carbons (Fsp3) is 0.333. The normalized spacial score (nSPS) is 10.0. The Morgan fingerprint density at radius 2 is 1.08 bits per heavy atom. The SMILES string of the molecule is COc1cccc(N(C)C)c1OBOc1c(OC)cccc1N(C)C. The van der Waals surface area contributed by atoms with Crippen LogP contribution in [0.1, 0.15) is 0 Å². The monoisotopic (exact) mass is 344 g/mol. The van der Waals surface area contributed by atoms with Crippen LogP contribution in [0.2, 0.25) is 0 Å². The Bertz CT molecular complexity index is 648. The van der Waals surface area contributed by atoms with Crippen molar-refractivity contribution >= 4 is 19.1 Å². The maximum absolute atomic E-state index is 5.90. The average Bonchev–Trinajstić information content (AvgIpc) is 2.61.